The van der Waals surface area contributed by atoms with Gasteiger partial charge in [0.2, 0.25) is 11.8 Å². The highest BCUT2D eigenvalue weighted by Crippen LogP contribution is 2.35. The summed E-state index contributed by atoms with van der Waals surface area (Å²) in [6.45, 7) is 4.41. The first-order valence-electron chi connectivity index (χ1n) is 11.1. The maximum atomic E-state index is 13.5. The fourth-order valence-corrected chi connectivity index (χ4v) is 4.43. The Balaban J connectivity index is 1.62. The van der Waals surface area contributed by atoms with Gasteiger partial charge in [0, 0.05) is 30.6 Å². The van der Waals surface area contributed by atoms with Crippen molar-refractivity contribution in [3.8, 4) is 11.3 Å². The molecule has 3 aromatic rings. The van der Waals surface area contributed by atoms with E-state index in [2.05, 4.69) is 10.5 Å². The van der Waals surface area contributed by atoms with Crippen LogP contribution in [0.15, 0.2) is 71.3 Å². The number of hydrogen-bond donors (Lipinski definition) is 1. The number of carbonyl (C=O) groups excluding carboxylic acids is 2. The smallest absolute Gasteiger partial charge is 0.246 e. The van der Waals surface area contributed by atoms with Gasteiger partial charge in [-0.3, -0.25) is 9.59 Å². The minimum Gasteiger partial charge on any atom is -0.361 e. The number of rotatable bonds is 7. The van der Waals surface area contributed by atoms with Crippen LogP contribution >= 0.6 is 0 Å². The minimum absolute atomic E-state index is 0.0272. The molecule has 166 valence electrons. The van der Waals surface area contributed by atoms with Crippen LogP contribution in [0.5, 0.6) is 0 Å². The van der Waals surface area contributed by atoms with Crippen molar-refractivity contribution in [2.75, 3.05) is 6.54 Å². The van der Waals surface area contributed by atoms with Crippen LogP contribution in [0.3, 0.4) is 0 Å². The van der Waals surface area contributed by atoms with Crippen molar-refractivity contribution in [2.24, 2.45) is 0 Å². The van der Waals surface area contributed by atoms with Crippen LogP contribution in [0, 0.1) is 0 Å². The van der Waals surface area contributed by atoms with Crippen molar-refractivity contribution in [3.05, 3.63) is 78.1 Å². The molecule has 0 aliphatic carbocycles. The lowest BCUT2D eigenvalue weighted by molar-refractivity contribution is -0.145. The van der Waals surface area contributed by atoms with Crippen LogP contribution in [0.2, 0.25) is 0 Å². The zero-order valence-electron chi connectivity index (χ0n) is 18.6. The molecular weight excluding hydrogens is 402 g/mol. The first kappa shape index (κ1) is 21.8. The monoisotopic (exact) mass is 431 g/mol. The van der Waals surface area contributed by atoms with Gasteiger partial charge in [-0.25, -0.2) is 0 Å². The van der Waals surface area contributed by atoms with Crippen LogP contribution in [0.4, 0.5) is 0 Å². The van der Waals surface area contributed by atoms with Crippen molar-refractivity contribution >= 4 is 11.8 Å². The van der Waals surface area contributed by atoms with E-state index in [-0.39, 0.29) is 24.3 Å². The summed E-state index contributed by atoms with van der Waals surface area (Å²) in [5.74, 6) is 0.418. The third-order valence-corrected chi connectivity index (χ3v) is 5.93. The maximum absolute atomic E-state index is 13.5. The number of likely N-dealkylation sites (tertiary alicyclic amines) is 1. The molecule has 6 nitrogen and oxygen atoms in total. The average molecular weight is 432 g/mol. The summed E-state index contributed by atoms with van der Waals surface area (Å²) in [6.07, 6.45) is 1.92. The van der Waals surface area contributed by atoms with Gasteiger partial charge in [-0.05, 0) is 32.3 Å². The summed E-state index contributed by atoms with van der Waals surface area (Å²) in [7, 11) is 0. The lowest BCUT2D eigenvalue weighted by Crippen LogP contribution is -2.60. The van der Waals surface area contributed by atoms with E-state index >= 15 is 0 Å². The fourth-order valence-electron chi connectivity index (χ4n) is 4.43. The molecule has 1 atom stereocenters. The first-order chi connectivity index (χ1) is 15.5. The molecule has 1 aliphatic rings. The lowest BCUT2D eigenvalue weighted by Gasteiger charge is -2.37. The topological polar surface area (TPSA) is 75.4 Å². The molecule has 2 amide bonds. The Morgan fingerprint density at radius 3 is 2.47 bits per heavy atom. The lowest BCUT2D eigenvalue weighted by atomic mass is 9.88. The number of amides is 2. The highest BCUT2D eigenvalue weighted by molar-refractivity contribution is 5.93. The normalized spacial score (nSPS) is 18.2. The van der Waals surface area contributed by atoms with Crippen LogP contribution < -0.4 is 5.32 Å². The molecule has 0 saturated carbocycles. The van der Waals surface area contributed by atoms with Crippen LogP contribution in [-0.4, -0.2) is 40.0 Å². The summed E-state index contributed by atoms with van der Waals surface area (Å²) in [5, 5.41) is 7.25. The Labute approximate surface area is 188 Å². The number of nitrogens with one attached hydrogen (secondary N) is 1. The van der Waals surface area contributed by atoms with E-state index < -0.39 is 5.54 Å². The number of aromatic nitrogens is 1. The van der Waals surface area contributed by atoms with E-state index in [1.54, 1.807) is 4.90 Å². The van der Waals surface area contributed by atoms with Gasteiger partial charge >= 0.3 is 0 Å². The molecule has 0 spiro atoms. The third-order valence-electron chi connectivity index (χ3n) is 5.93. The Morgan fingerprint density at radius 1 is 1.09 bits per heavy atom. The molecule has 1 aromatic heterocycles. The molecule has 1 fully saturated rings. The highest BCUT2D eigenvalue weighted by atomic mass is 16.5. The molecule has 4 rings (SSSR count). The van der Waals surface area contributed by atoms with Gasteiger partial charge in [-0.15, -0.1) is 0 Å². The molecular formula is C26H29N3O3. The highest BCUT2D eigenvalue weighted by Gasteiger charge is 2.50. The van der Waals surface area contributed by atoms with Gasteiger partial charge in [-0.1, -0.05) is 65.8 Å². The summed E-state index contributed by atoms with van der Waals surface area (Å²) < 4.78 is 5.64. The summed E-state index contributed by atoms with van der Waals surface area (Å²) >= 11 is 0. The average Bonchev–Trinajstić information content (AvgIpc) is 3.43. The van der Waals surface area contributed by atoms with Crippen molar-refractivity contribution < 1.29 is 14.1 Å². The molecule has 6 heteroatoms. The van der Waals surface area contributed by atoms with E-state index in [0.717, 1.165) is 23.2 Å². The molecule has 0 radical (unpaired) electrons. The fraction of sp³-hybridized carbons (Fsp3) is 0.346. The standard InChI is InChI=1S/C26H29N3O3/c1-19(2)27-25(31)26(18-22-17-23(28-32-22)21-12-7-4-8-13-21)14-9-15-29(26)24(30)16-20-10-5-3-6-11-20/h3-8,10-13,17,19H,9,14-16,18H2,1-2H3,(H,27,31)/t26-/m0/s1. The molecule has 0 unspecified atom stereocenters. The Bertz CT molecular complexity index is 1060. The maximum Gasteiger partial charge on any atom is 0.246 e. The zero-order valence-corrected chi connectivity index (χ0v) is 18.6. The number of benzene rings is 2. The van der Waals surface area contributed by atoms with Gasteiger partial charge < -0.3 is 14.7 Å². The van der Waals surface area contributed by atoms with Crippen molar-refractivity contribution in [2.45, 2.75) is 51.1 Å². The predicted octanol–water partition coefficient (Wildman–Crippen LogP) is 4.01. The summed E-state index contributed by atoms with van der Waals surface area (Å²) in [5.41, 5.74) is 1.63. The zero-order chi connectivity index (χ0) is 22.6. The Morgan fingerprint density at radius 2 is 1.78 bits per heavy atom. The number of carbonyl (C=O) groups is 2. The SMILES string of the molecule is CC(C)NC(=O)[C@@]1(Cc2cc(-c3ccccc3)no2)CCCN1C(=O)Cc1ccccc1. The van der Waals surface area contributed by atoms with Crippen LogP contribution in [-0.2, 0) is 22.4 Å². The van der Waals surface area contributed by atoms with Gasteiger partial charge in [-0.2, -0.15) is 0 Å². The van der Waals surface area contributed by atoms with E-state index in [9.17, 15) is 9.59 Å². The molecule has 2 heterocycles. The van der Waals surface area contributed by atoms with Crippen molar-refractivity contribution in [1.29, 1.82) is 0 Å². The summed E-state index contributed by atoms with van der Waals surface area (Å²) in [4.78, 5) is 28.5. The van der Waals surface area contributed by atoms with Crippen molar-refractivity contribution in [3.63, 3.8) is 0 Å². The second-order valence-electron chi connectivity index (χ2n) is 8.69. The number of nitrogens with zero attached hydrogens (tertiary/aromatic N) is 2. The van der Waals surface area contributed by atoms with E-state index in [4.69, 9.17) is 4.52 Å². The third kappa shape index (κ3) is 4.59. The molecule has 1 saturated heterocycles. The van der Waals surface area contributed by atoms with E-state index in [0.29, 0.717) is 25.1 Å². The minimum atomic E-state index is -0.983. The molecule has 32 heavy (non-hydrogen) atoms. The Hall–Kier alpha value is -3.41. The largest absolute Gasteiger partial charge is 0.361 e. The molecule has 1 N–H and O–H groups in total. The van der Waals surface area contributed by atoms with Gasteiger partial charge in [0.1, 0.15) is 17.0 Å². The van der Waals surface area contributed by atoms with Crippen LogP contribution in [0.25, 0.3) is 11.3 Å². The van der Waals surface area contributed by atoms with Crippen LogP contribution in [0.1, 0.15) is 38.0 Å². The van der Waals surface area contributed by atoms with E-state index in [1.165, 1.54) is 0 Å². The molecule has 0 bridgehead atoms. The second kappa shape index (κ2) is 9.39. The summed E-state index contributed by atoms with van der Waals surface area (Å²) in [6, 6.07) is 21.3. The van der Waals surface area contributed by atoms with Gasteiger partial charge in [0.15, 0.2) is 0 Å². The van der Waals surface area contributed by atoms with Gasteiger partial charge in [0.25, 0.3) is 0 Å². The molecule has 1 aliphatic heterocycles. The van der Waals surface area contributed by atoms with E-state index in [1.807, 2.05) is 80.6 Å². The quantitative estimate of drug-likeness (QED) is 0.613. The Kier molecular flexibility index (Phi) is 6.40. The first-order valence-corrected chi connectivity index (χ1v) is 11.1. The predicted molar refractivity (Wildman–Crippen MR) is 123 cm³/mol. The second-order valence-corrected chi connectivity index (χ2v) is 8.69. The molecule has 2 aromatic carbocycles. The van der Waals surface area contributed by atoms with Gasteiger partial charge in [0.05, 0.1) is 6.42 Å². The van der Waals surface area contributed by atoms with Crippen molar-refractivity contribution in [1.82, 2.24) is 15.4 Å². The number of hydrogen-bond acceptors (Lipinski definition) is 4.